The first-order valence-corrected chi connectivity index (χ1v) is 7.79. The van der Waals surface area contributed by atoms with E-state index in [1.165, 1.54) is 0 Å². The van der Waals surface area contributed by atoms with Crippen molar-refractivity contribution in [3.8, 4) is 5.82 Å². The van der Waals surface area contributed by atoms with Gasteiger partial charge in [-0.1, -0.05) is 13.0 Å². The highest BCUT2D eigenvalue weighted by molar-refractivity contribution is 5.95. The minimum atomic E-state index is 0.0720. The van der Waals surface area contributed by atoms with Gasteiger partial charge in [0, 0.05) is 25.8 Å². The summed E-state index contributed by atoms with van der Waals surface area (Å²) in [4.78, 5) is 19.0. The van der Waals surface area contributed by atoms with Gasteiger partial charge in [-0.2, -0.15) is 5.10 Å². The molecule has 1 fully saturated rings. The van der Waals surface area contributed by atoms with Gasteiger partial charge < -0.3 is 10.2 Å². The fraction of sp³-hybridized carbons (Fsp3) is 0.438. The first-order valence-electron chi connectivity index (χ1n) is 7.79. The van der Waals surface area contributed by atoms with Gasteiger partial charge in [-0.05, 0) is 31.5 Å². The zero-order valence-corrected chi connectivity index (χ0v) is 12.8. The second-order valence-electron chi connectivity index (χ2n) is 5.35. The molecule has 0 spiro atoms. The van der Waals surface area contributed by atoms with Crippen LogP contribution in [0.5, 0.6) is 0 Å². The van der Waals surface area contributed by atoms with Crippen molar-refractivity contribution in [1.82, 2.24) is 25.0 Å². The van der Waals surface area contributed by atoms with Crippen molar-refractivity contribution in [2.45, 2.75) is 19.8 Å². The van der Waals surface area contributed by atoms with Crippen LogP contribution in [0, 0.1) is 0 Å². The summed E-state index contributed by atoms with van der Waals surface area (Å²) < 4.78 is 1.77. The molecule has 0 saturated carbocycles. The summed E-state index contributed by atoms with van der Waals surface area (Å²) in [6.07, 6.45) is 5.14. The van der Waals surface area contributed by atoms with E-state index in [4.69, 9.17) is 0 Å². The number of carbonyl (C=O) groups excluding carboxylic acids is 1. The molecule has 116 valence electrons. The molecule has 2 aromatic heterocycles. The Kier molecular flexibility index (Phi) is 4.48. The van der Waals surface area contributed by atoms with Gasteiger partial charge in [0.15, 0.2) is 5.82 Å². The minimum Gasteiger partial charge on any atom is -0.337 e. The predicted octanol–water partition coefficient (Wildman–Crippen LogP) is 1.27. The molecule has 1 saturated heterocycles. The van der Waals surface area contributed by atoms with Gasteiger partial charge in [-0.25, -0.2) is 9.67 Å². The van der Waals surface area contributed by atoms with E-state index in [9.17, 15) is 4.79 Å². The monoisotopic (exact) mass is 299 g/mol. The second-order valence-corrected chi connectivity index (χ2v) is 5.35. The van der Waals surface area contributed by atoms with Crippen LogP contribution >= 0.6 is 0 Å². The minimum absolute atomic E-state index is 0.0720. The highest BCUT2D eigenvalue weighted by Gasteiger charge is 2.23. The number of pyridine rings is 1. The Morgan fingerprint density at radius 1 is 1.32 bits per heavy atom. The molecule has 6 heteroatoms. The van der Waals surface area contributed by atoms with Crippen molar-refractivity contribution in [2.75, 3.05) is 26.2 Å². The van der Waals surface area contributed by atoms with Gasteiger partial charge in [0.2, 0.25) is 0 Å². The summed E-state index contributed by atoms with van der Waals surface area (Å²) in [6.45, 7) is 5.40. The number of nitrogens with one attached hydrogen (secondary N) is 1. The van der Waals surface area contributed by atoms with E-state index >= 15 is 0 Å². The second kappa shape index (κ2) is 6.70. The summed E-state index contributed by atoms with van der Waals surface area (Å²) in [5.41, 5.74) is 1.61. The summed E-state index contributed by atoms with van der Waals surface area (Å²) in [5, 5.41) is 7.71. The molecule has 0 radical (unpaired) electrons. The van der Waals surface area contributed by atoms with Crippen LogP contribution in [0.2, 0.25) is 0 Å². The lowest BCUT2D eigenvalue weighted by molar-refractivity contribution is 0.0765. The zero-order valence-electron chi connectivity index (χ0n) is 12.8. The van der Waals surface area contributed by atoms with Crippen LogP contribution in [-0.2, 0) is 6.42 Å². The molecule has 1 aliphatic rings. The molecule has 0 aliphatic carbocycles. The lowest BCUT2D eigenvalue weighted by Gasteiger charge is -2.20. The van der Waals surface area contributed by atoms with E-state index in [2.05, 4.69) is 15.4 Å². The molecule has 3 rings (SSSR count). The third-order valence-electron chi connectivity index (χ3n) is 3.93. The SMILES string of the molecule is CCc1c(C(=O)N2CCCNCC2)cnn1-c1ccccn1. The molecular formula is C16H21N5O. The normalized spacial score (nSPS) is 15.6. The van der Waals surface area contributed by atoms with Crippen LogP contribution in [0.1, 0.15) is 29.4 Å². The van der Waals surface area contributed by atoms with Gasteiger partial charge in [-0.3, -0.25) is 4.79 Å². The largest absolute Gasteiger partial charge is 0.337 e. The number of rotatable bonds is 3. The topological polar surface area (TPSA) is 63.1 Å². The molecule has 0 atom stereocenters. The van der Waals surface area contributed by atoms with Gasteiger partial charge in [-0.15, -0.1) is 0 Å². The number of hydrogen-bond acceptors (Lipinski definition) is 4. The maximum atomic E-state index is 12.8. The number of nitrogens with zero attached hydrogens (tertiary/aromatic N) is 4. The number of amides is 1. The zero-order chi connectivity index (χ0) is 15.4. The Labute approximate surface area is 130 Å². The van der Waals surface area contributed by atoms with E-state index < -0.39 is 0 Å². The van der Waals surface area contributed by atoms with E-state index in [0.717, 1.165) is 50.5 Å². The molecule has 1 amide bonds. The third-order valence-corrected chi connectivity index (χ3v) is 3.93. The first-order chi connectivity index (χ1) is 10.8. The van der Waals surface area contributed by atoms with Gasteiger partial charge in [0.25, 0.3) is 5.91 Å². The Bertz CT molecular complexity index is 629. The van der Waals surface area contributed by atoms with Crippen LogP contribution in [0.4, 0.5) is 0 Å². The maximum Gasteiger partial charge on any atom is 0.257 e. The van der Waals surface area contributed by atoms with Crippen molar-refractivity contribution in [1.29, 1.82) is 0 Å². The lowest BCUT2D eigenvalue weighted by Crippen LogP contribution is -2.34. The summed E-state index contributed by atoms with van der Waals surface area (Å²) in [5.74, 6) is 0.818. The maximum absolute atomic E-state index is 12.8. The quantitative estimate of drug-likeness (QED) is 0.927. The molecule has 2 aromatic rings. The highest BCUT2D eigenvalue weighted by atomic mass is 16.2. The van der Waals surface area contributed by atoms with Crippen molar-refractivity contribution in [3.05, 3.63) is 41.9 Å². The Morgan fingerprint density at radius 2 is 2.23 bits per heavy atom. The van der Waals surface area contributed by atoms with Crippen LogP contribution < -0.4 is 5.32 Å². The van der Waals surface area contributed by atoms with Crippen molar-refractivity contribution >= 4 is 5.91 Å². The average Bonchev–Trinajstić information content (AvgIpc) is 2.80. The van der Waals surface area contributed by atoms with Crippen LogP contribution in [0.15, 0.2) is 30.6 Å². The molecule has 22 heavy (non-hydrogen) atoms. The molecule has 6 nitrogen and oxygen atoms in total. The Hall–Kier alpha value is -2.21. The number of aromatic nitrogens is 3. The van der Waals surface area contributed by atoms with Crippen LogP contribution in [0.3, 0.4) is 0 Å². The van der Waals surface area contributed by atoms with E-state index in [1.54, 1.807) is 17.1 Å². The third kappa shape index (κ3) is 2.87. The molecule has 0 unspecified atom stereocenters. The highest BCUT2D eigenvalue weighted by Crippen LogP contribution is 2.16. The van der Waals surface area contributed by atoms with Gasteiger partial charge in [0.05, 0.1) is 17.5 Å². The van der Waals surface area contributed by atoms with Gasteiger partial charge in [0.1, 0.15) is 0 Å². The van der Waals surface area contributed by atoms with E-state index in [0.29, 0.717) is 5.56 Å². The Balaban J connectivity index is 1.91. The number of carbonyl (C=O) groups is 1. The summed E-state index contributed by atoms with van der Waals surface area (Å²) >= 11 is 0. The van der Waals surface area contributed by atoms with Crippen LogP contribution in [0.25, 0.3) is 5.82 Å². The summed E-state index contributed by atoms with van der Waals surface area (Å²) in [7, 11) is 0. The molecule has 0 bridgehead atoms. The molecule has 1 N–H and O–H groups in total. The van der Waals surface area contributed by atoms with E-state index in [1.807, 2.05) is 30.0 Å². The average molecular weight is 299 g/mol. The van der Waals surface area contributed by atoms with Crippen molar-refractivity contribution in [3.63, 3.8) is 0 Å². The fourth-order valence-electron chi connectivity index (χ4n) is 2.79. The molecule has 3 heterocycles. The first kappa shape index (κ1) is 14.7. The molecule has 1 aliphatic heterocycles. The van der Waals surface area contributed by atoms with Crippen molar-refractivity contribution < 1.29 is 4.79 Å². The van der Waals surface area contributed by atoms with Crippen molar-refractivity contribution in [2.24, 2.45) is 0 Å². The standard InChI is InChI=1S/C16H21N5O/c1-2-14-13(16(22)20-10-5-7-17-9-11-20)12-19-21(14)15-6-3-4-8-18-15/h3-4,6,8,12,17H,2,5,7,9-11H2,1H3. The number of hydrogen-bond donors (Lipinski definition) is 1. The van der Waals surface area contributed by atoms with Crippen LogP contribution in [-0.4, -0.2) is 51.8 Å². The molecule has 0 aromatic carbocycles. The van der Waals surface area contributed by atoms with E-state index in [-0.39, 0.29) is 5.91 Å². The summed E-state index contributed by atoms with van der Waals surface area (Å²) in [6, 6.07) is 5.69. The Morgan fingerprint density at radius 3 is 3.00 bits per heavy atom. The predicted molar refractivity (Wildman–Crippen MR) is 84.1 cm³/mol. The van der Waals surface area contributed by atoms with Gasteiger partial charge >= 0.3 is 0 Å². The fourth-order valence-corrected chi connectivity index (χ4v) is 2.79. The molecular weight excluding hydrogens is 278 g/mol. The lowest BCUT2D eigenvalue weighted by atomic mass is 10.1. The smallest absolute Gasteiger partial charge is 0.257 e.